The van der Waals surface area contributed by atoms with E-state index >= 15 is 0 Å². The van der Waals surface area contributed by atoms with Crippen LogP contribution in [0.4, 0.5) is 0 Å². The van der Waals surface area contributed by atoms with Crippen LogP contribution in [0.5, 0.6) is 0 Å². The summed E-state index contributed by atoms with van der Waals surface area (Å²) in [5.74, 6) is -0.605. The lowest BCUT2D eigenvalue weighted by Gasteiger charge is -2.15. The van der Waals surface area contributed by atoms with Crippen molar-refractivity contribution in [1.82, 2.24) is 0 Å². The Balaban J connectivity index is 3.60. The Kier molecular flexibility index (Phi) is 57.4. The van der Waals surface area contributed by atoms with E-state index in [1.165, 1.54) is 128 Å². The van der Waals surface area contributed by atoms with Crippen LogP contribution >= 0.6 is 0 Å². The molecule has 0 spiro atoms. The standard InChI is InChI=1S/C66H110O5/c1-3-5-7-9-11-13-15-17-19-21-23-25-26-27-28-29-30-31-32-33-34-35-36-37-38-39-40-41-43-45-47-49-51-53-55-57-59-61-66(69)71-64(62-67)63-70-65(68)60-58-56-54-52-50-48-46-44-42-24-22-20-18-16-14-12-10-8-6-4-2/h5,7,11,13,17,19,23,25,27-28,30-31,33-34,36-37,39-40,43,45,64,67H,3-4,6,8-10,12,14-16,18,20-22,24,26,29,32,35,38,41-42,44,46-63H2,1-2H3/b7-5-,13-11-,19-17-,25-23-,28-27-,31-30-,34-33-,37-36-,40-39-,45-43-. The predicted molar refractivity (Wildman–Crippen MR) is 311 cm³/mol. The van der Waals surface area contributed by atoms with Gasteiger partial charge in [-0.15, -0.1) is 0 Å². The highest BCUT2D eigenvalue weighted by atomic mass is 16.6. The summed E-state index contributed by atoms with van der Waals surface area (Å²) in [7, 11) is 0. The second-order valence-electron chi connectivity index (χ2n) is 19.3. The van der Waals surface area contributed by atoms with Crippen molar-refractivity contribution >= 4 is 11.9 Å². The zero-order chi connectivity index (χ0) is 51.3. The molecule has 0 bridgehead atoms. The van der Waals surface area contributed by atoms with Crippen molar-refractivity contribution in [3.05, 3.63) is 122 Å². The second-order valence-corrected chi connectivity index (χ2v) is 19.3. The first-order valence-corrected chi connectivity index (χ1v) is 29.6. The molecule has 0 saturated heterocycles. The van der Waals surface area contributed by atoms with Crippen molar-refractivity contribution < 1.29 is 24.2 Å². The molecule has 0 aliphatic heterocycles. The number of hydrogen-bond acceptors (Lipinski definition) is 5. The largest absolute Gasteiger partial charge is 0.462 e. The minimum Gasteiger partial charge on any atom is -0.462 e. The lowest BCUT2D eigenvalue weighted by Crippen LogP contribution is -2.28. The molecule has 0 amide bonds. The van der Waals surface area contributed by atoms with E-state index in [2.05, 4.69) is 135 Å². The van der Waals surface area contributed by atoms with Crippen LogP contribution < -0.4 is 0 Å². The second kappa shape index (κ2) is 60.6. The van der Waals surface area contributed by atoms with Crippen LogP contribution in [-0.2, 0) is 19.1 Å². The van der Waals surface area contributed by atoms with Gasteiger partial charge in [-0.2, -0.15) is 0 Å². The van der Waals surface area contributed by atoms with Gasteiger partial charge in [-0.1, -0.05) is 283 Å². The fourth-order valence-corrected chi connectivity index (χ4v) is 8.11. The Morgan fingerprint density at radius 2 is 0.606 bits per heavy atom. The molecule has 0 aromatic carbocycles. The summed E-state index contributed by atoms with van der Waals surface area (Å²) in [6.45, 7) is 4.03. The zero-order valence-electron chi connectivity index (χ0n) is 46.2. The Morgan fingerprint density at radius 3 is 0.915 bits per heavy atom. The molecule has 0 aromatic heterocycles. The van der Waals surface area contributed by atoms with Gasteiger partial charge in [0.25, 0.3) is 0 Å². The lowest BCUT2D eigenvalue weighted by molar-refractivity contribution is -0.161. The minimum atomic E-state index is -0.787. The van der Waals surface area contributed by atoms with Crippen LogP contribution in [-0.4, -0.2) is 36.4 Å². The van der Waals surface area contributed by atoms with Crippen LogP contribution in [0.25, 0.3) is 0 Å². The zero-order valence-corrected chi connectivity index (χ0v) is 46.2. The number of aliphatic hydroxyl groups excluding tert-OH is 1. The van der Waals surface area contributed by atoms with Crippen LogP contribution in [0.3, 0.4) is 0 Å². The molecule has 0 heterocycles. The SMILES string of the molecule is CC/C=C\C/C=C\C/C=C\C/C=C\C/C=C\C/C=C\C/C=C\C/C=C\C/C=C\C/C=C\CCCCCCCCC(=O)OC(CO)COC(=O)CCCCCCCCCCCCCCCCCCCCCC. The van der Waals surface area contributed by atoms with Crippen molar-refractivity contribution in [1.29, 1.82) is 0 Å². The first-order valence-electron chi connectivity index (χ1n) is 29.6. The number of allylic oxidation sites excluding steroid dienone is 20. The molecule has 0 aromatic rings. The van der Waals surface area contributed by atoms with Crippen molar-refractivity contribution in [3.63, 3.8) is 0 Å². The van der Waals surface area contributed by atoms with Gasteiger partial charge >= 0.3 is 11.9 Å². The summed E-state index contributed by atoms with van der Waals surface area (Å²) in [5.41, 5.74) is 0. The number of hydrogen-bond donors (Lipinski definition) is 1. The average Bonchev–Trinajstić information content (AvgIpc) is 3.37. The van der Waals surface area contributed by atoms with Gasteiger partial charge in [0.2, 0.25) is 0 Å². The summed E-state index contributed by atoms with van der Waals surface area (Å²) >= 11 is 0. The third kappa shape index (κ3) is 58.8. The molecule has 1 N–H and O–H groups in total. The third-order valence-electron chi connectivity index (χ3n) is 12.5. The monoisotopic (exact) mass is 983 g/mol. The van der Waals surface area contributed by atoms with Gasteiger partial charge in [-0.05, 0) is 89.9 Å². The Hall–Kier alpha value is -3.70. The van der Waals surface area contributed by atoms with Crippen LogP contribution in [0.1, 0.15) is 264 Å². The summed E-state index contributed by atoms with van der Waals surface area (Å²) in [6.07, 6.45) is 88.9. The number of unbranched alkanes of at least 4 members (excludes halogenated alkanes) is 25. The molecule has 5 nitrogen and oxygen atoms in total. The normalized spacial score (nSPS) is 13.1. The summed E-state index contributed by atoms with van der Waals surface area (Å²) < 4.78 is 10.7. The van der Waals surface area contributed by atoms with Gasteiger partial charge in [0.15, 0.2) is 6.10 Å². The molecule has 0 rings (SSSR count). The molecule has 0 aliphatic carbocycles. The molecule has 0 fully saturated rings. The fraction of sp³-hybridized carbons (Fsp3) is 0.667. The summed E-state index contributed by atoms with van der Waals surface area (Å²) in [5, 5.41) is 9.66. The minimum absolute atomic E-state index is 0.0753. The maximum absolute atomic E-state index is 12.3. The highest BCUT2D eigenvalue weighted by molar-refractivity contribution is 5.70. The third-order valence-corrected chi connectivity index (χ3v) is 12.5. The first kappa shape index (κ1) is 67.3. The van der Waals surface area contributed by atoms with Crippen LogP contribution in [0.2, 0.25) is 0 Å². The van der Waals surface area contributed by atoms with E-state index in [0.29, 0.717) is 12.8 Å². The van der Waals surface area contributed by atoms with Gasteiger partial charge in [-0.3, -0.25) is 9.59 Å². The first-order chi connectivity index (χ1) is 35.1. The quantitative estimate of drug-likeness (QED) is 0.0373. The highest BCUT2D eigenvalue weighted by Gasteiger charge is 2.16. The van der Waals surface area contributed by atoms with Gasteiger partial charge in [0, 0.05) is 12.8 Å². The van der Waals surface area contributed by atoms with E-state index in [9.17, 15) is 14.7 Å². The Bertz CT molecular complexity index is 1440. The van der Waals surface area contributed by atoms with E-state index < -0.39 is 6.10 Å². The predicted octanol–water partition coefficient (Wildman–Crippen LogP) is 20.2. The lowest BCUT2D eigenvalue weighted by atomic mass is 10.0. The summed E-state index contributed by atoms with van der Waals surface area (Å²) in [4.78, 5) is 24.5. The van der Waals surface area contributed by atoms with E-state index in [1.54, 1.807) is 0 Å². The van der Waals surface area contributed by atoms with E-state index in [-0.39, 0.29) is 25.2 Å². The maximum atomic E-state index is 12.3. The fourth-order valence-electron chi connectivity index (χ4n) is 8.11. The Morgan fingerprint density at radius 1 is 0.338 bits per heavy atom. The number of esters is 2. The van der Waals surface area contributed by atoms with Gasteiger partial charge < -0.3 is 14.6 Å². The topological polar surface area (TPSA) is 72.8 Å². The molecular weight excluding hydrogens is 873 g/mol. The summed E-state index contributed by atoms with van der Waals surface area (Å²) in [6, 6.07) is 0. The van der Waals surface area contributed by atoms with Crippen molar-refractivity contribution in [2.75, 3.05) is 13.2 Å². The molecule has 0 saturated carbocycles. The van der Waals surface area contributed by atoms with E-state index in [1.807, 2.05) is 0 Å². The average molecular weight is 984 g/mol. The van der Waals surface area contributed by atoms with Crippen LogP contribution in [0.15, 0.2) is 122 Å². The Labute approximate surface area is 439 Å². The molecule has 0 radical (unpaired) electrons. The van der Waals surface area contributed by atoms with Crippen LogP contribution in [0, 0.1) is 0 Å². The van der Waals surface area contributed by atoms with E-state index in [4.69, 9.17) is 9.47 Å². The van der Waals surface area contributed by atoms with Crippen molar-refractivity contribution in [2.45, 2.75) is 270 Å². The number of carbonyl (C=O) groups excluding carboxylic acids is 2. The van der Waals surface area contributed by atoms with Gasteiger partial charge in [0.1, 0.15) is 6.61 Å². The maximum Gasteiger partial charge on any atom is 0.306 e. The smallest absolute Gasteiger partial charge is 0.306 e. The van der Waals surface area contributed by atoms with Crippen molar-refractivity contribution in [2.24, 2.45) is 0 Å². The number of ether oxygens (including phenoxy) is 2. The molecule has 1 atom stereocenters. The van der Waals surface area contributed by atoms with Crippen molar-refractivity contribution in [3.8, 4) is 0 Å². The highest BCUT2D eigenvalue weighted by Crippen LogP contribution is 2.16. The number of rotatable bonds is 53. The molecule has 71 heavy (non-hydrogen) atoms. The molecular formula is C66H110O5. The number of aliphatic hydroxyl groups is 1. The molecule has 1 unspecified atom stereocenters. The number of carbonyl (C=O) groups is 2. The van der Waals surface area contributed by atoms with Gasteiger partial charge in [0.05, 0.1) is 6.61 Å². The van der Waals surface area contributed by atoms with E-state index in [0.717, 1.165) is 109 Å². The molecule has 0 aliphatic rings. The molecule has 5 heteroatoms. The molecule has 404 valence electrons. The van der Waals surface area contributed by atoms with Gasteiger partial charge in [-0.25, -0.2) is 0 Å².